The molecule has 2 rings (SSSR count). The maximum absolute atomic E-state index is 12.8. The van der Waals surface area contributed by atoms with Gasteiger partial charge < -0.3 is 14.8 Å². The molecular weight excluding hydrogens is 401 g/mol. The van der Waals surface area contributed by atoms with Crippen molar-refractivity contribution in [3.05, 3.63) is 34.6 Å². The van der Waals surface area contributed by atoms with Crippen LogP contribution in [0.1, 0.15) is 23.1 Å². The topological polar surface area (TPSA) is 65.4 Å². The Bertz CT molecular complexity index is 839. The van der Waals surface area contributed by atoms with Crippen LogP contribution in [0.5, 0.6) is 11.5 Å². The lowest BCUT2D eigenvalue weighted by Gasteiger charge is -2.13. The van der Waals surface area contributed by atoms with Gasteiger partial charge in [-0.05, 0) is 19.1 Å². The molecule has 1 amide bonds. The molecule has 2 aromatic rings. The number of aromatic nitrogens is 2. The highest BCUT2D eigenvalue weighted by molar-refractivity contribution is 6.34. The lowest BCUT2D eigenvalue weighted by Crippen LogP contribution is -2.16. The number of rotatable bonds is 6. The van der Waals surface area contributed by atoms with Crippen LogP contribution in [0.4, 0.5) is 27.6 Å². The van der Waals surface area contributed by atoms with Gasteiger partial charge in [-0.1, -0.05) is 11.6 Å². The largest absolute Gasteiger partial charge is 0.490 e. The number of halogens is 6. The number of hydrogen-bond acceptors (Lipinski definition) is 4. The summed E-state index contributed by atoms with van der Waals surface area (Å²) in [7, 11) is 1.13. The van der Waals surface area contributed by atoms with Gasteiger partial charge in [0.15, 0.2) is 17.2 Å². The van der Waals surface area contributed by atoms with Gasteiger partial charge >= 0.3 is 12.8 Å². The molecule has 148 valence electrons. The van der Waals surface area contributed by atoms with E-state index in [1.807, 2.05) is 0 Å². The fourth-order valence-corrected chi connectivity index (χ4v) is 2.52. The first-order valence-electron chi connectivity index (χ1n) is 7.37. The van der Waals surface area contributed by atoms with Gasteiger partial charge in [0.1, 0.15) is 10.7 Å². The highest BCUT2D eigenvalue weighted by atomic mass is 35.5. The number of hydrogen-bond donors (Lipinski definition) is 1. The summed E-state index contributed by atoms with van der Waals surface area (Å²) in [6.07, 6.45) is -4.83. The minimum atomic E-state index is -4.83. The van der Waals surface area contributed by atoms with Crippen molar-refractivity contribution in [1.82, 2.24) is 9.78 Å². The SMILES string of the molecule is CCOc1cc(NC(=O)c2c(Cl)c(C(F)(F)F)nn2C)ccc1OC(F)F. The van der Waals surface area contributed by atoms with E-state index in [1.165, 1.54) is 12.1 Å². The fraction of sp³-hybridized carbons (Fsp3) is 0.333. The smallest absolute Gasteiger partial charge is 0.436 e. The number of nitrogens with one attached hydrogen (secondary N) is 1. The third-order valence-corrected chi connectivity index (χ3v) is 3.55. The molecule has 0 spiro atoms. The summed E-state index contributed by atoms with van der Waals surface area (Å²) in [6, 6.07) is 3.53. The number of amides is 1. The molecule has 12 heteroatoms. The predicted molar refractivity (Wildman–Crippen MR) is 85.4 cm³/mol. The van der Waals surface area contributed by atoms with Crippen LogP contribution in [0, 0.1) is 0 Å². The van der Waals surface area contributed by atoms with Crippen molar-refractivity contribution in [2.75, 3.05) is 11.9 Å². The van der Waals surface area contributed by atoms with E-state index in [1.54, 1.807) is 6.92 Å². The number of carbonyl (C=O) groups excluding carboxylic acids is 1. The second kappa shape index (κ2) is 7.99. The van der Waals surface area contributed by atoms with E-state index < -0.39 is 35.1 Å². The van der Waals surface area contributed by atoms with E-state index in [0.717, 1.165) is 13.1 Å². The molecule has 0 fully saturated rings. The standard InChI is InChI=1S/C15H13ClF5N3O3/c1-3-26-9-6-7(4-5-8(9)27-14(17)18)22-13(25)11-10(16)12(15(19,20)21)23-24(11)2/h4-6,14H,3H2,1-2H3,(H,22,25). The van der Waals surface area contributed by atoms with Gasteiger partial charge in [-0.25, -0.2) is 0 Å². The van der Waals surface area contributed by atoms with Crippen LogP contribution >= 0.6 is 11.6 Å². The summed E-state index contributed by atoms with van der Waals surface area (Å²) < 4.78 is 73.4. The van der Waals surface area contributed by atoms with Crippen LogP contribution in [-0.4, -0.2) is 28.9 Å². The lowest BCUT2D eigenvalue weighted by molar-refractivity contribution is -0.141. The first-order chi connectivity index (χ1) is 12.5. The molecule has 0 unspecified atom stereocenters. The molecule has 1 N–H and O–H groups in total. The summed E-state index contributed by atoms with van der Waals surface area (Å²) in [6.45, 7) is -1.36. The Morgan fingerprint density at radius 1 is 1.33 bits per heavy atom. The summed E-state index contributed by atoms with van der Waals surface area (Å²) in [4.78, 5) is 12.3. The third kappa shape index (κ3) is 4.79. The van der Waals surface area contributed by atoms with E-state index in [2.05, 4.69) is 15.2 Å². The molecule has 0 saturated carbocycles. The highest BCUT2D eigenvalue weighted by Gasteiger charge is 2.39. The zero-order chi connectivity index (χ0) is 20.4. The molecule has 0 atom stereocenters. The van der Waals surface area contributed by atoms with Crippen molar-refractivity contribution in [2.24, 2.45) is 7.05 Å². The Morgan fingerprint density at radius 3 is 2.52 bits per heavy atom. The molecule has 1 aromatic heterocycles. The molecule has 0 aliphatic heterocycles. The number of aryl methyl sites for hydroxylation is 1. The summed E-state index contributed by atoms with van der Waals surface area (Å²) >= 11 is 5.65. The van der Waals surface area contributed by atoms with Crippen molar-refractivity contribution in [2.45, 2.75) is 19.7 Å². The maximum atomic E-state index is 12.8. The van der Waals surface area contributed by atoms with Crippen molar-refractivity contribution in [3.8, 4) is 11.5 Å². The first-order valence-corrected chi connectivity index (χ1v) is 7.75. The number of ether oxygens (including phenoxy) is 2. The Labute approximate surface area is 154 Å². The van der Waals surface area contributed by atoms with Crippen LogP contribution in [-0.2, 0) is 13.2 Å². The Hall–Kier alpha value is -2.56. The van der Waals surface area contributed by atoms with Crippen LogP contribution in [0.2, 0.25) is 5.02 Å². The molecule has 0 bridgehead atoms. The average Bonchev–Trinajstić information content (AvgIpc) is 2.84. The predicted octanol–water partition coefficient (Wildman–Crippen LogP) is 4.34. The molecule has 1 heterocycles. The van der Waals surface area contributed by atoms with Gasteiger partial charge in [-0.15, -0.1) is 0 Å². The van der Waals surface area contributed by atoms with E-state index >= 15 is 0 Å². The van der Waals surface area contributed by atoms with Gasteiger partial charge in [-0.3, -0.25) is 9.48 Å². The number of anilines is 1. The Kier molecular flexibility index (Phi) is 6.14. The van der Waals surface area contributed by atoms with E-state index in [0.29, 0.717) is 4.68 Å². The van der Waals surface area contributed by atoms with E-state index in [9.17, 15) is 26.7 Å². The molecule has 0 aliphatic carbocycles. The van der Waals surface area contributed by atoms with Crippen LogP contribution in [0.3, 0.4) is 0 Å². The van der Waals surface area contributed by atoms with Crippen molar-refractivity contribution >= 4 is 23.2 Å². The number of benzene rings is 1. The molecule has 1 aromatic carbocycles. The second-order valence-electron chi connectivity index (χ2n) is 5.06. The number of alkyl halides is 5. The molecule has 0 radical (unpaired) electrons. The fourth-order valence-electron chi connectivity index (χ4n) is 2.16. The van der Waals surface area contributed by atoms with Gasteiger partial charge in [0.2, 0.25) is 0 Å². The van der Waals surface area contributed by atoms with Crippen LogP contribution < -0.4 is 14.8 Å². The van der Waals surface area contributed by atoms with Crippen molar-refractivity contribution < 1.29 is 36.2 Å². The van der Waals surface area contributed by atoms with Gasteiger partial charge in [0, 0.05) is 18.8 Å². The van der Waals surface area contributed by atoms with Gasteiger partial charge in [0.25, 0.3) is 5.91 Å². The quantitative estimate of drug-likeness (QED) is 0.715. The van der Waals surface area contributed by atoms with Gasteiger partial charge in [0.05, 0.1) is 6.61 Å². The maximum Gasteiger partial charge on any atom is 0.436 e. The summed E-state index contributed by atoms with van der Waals surface area (Å²) in [5, 5.41) is 4.66. The monoisotopic (exact) mass is 413 g/mol. The van der Waals surface area contributed by atoms with Crippen molar-refractivity contribution in [3.63, 3.8) is 0 Å². The third-order valence-electron chi connectivity index (χ3n) is 3.19. The lowest BCUT2D eigenvalue weighted by atomic mass is 10.2. The van der Waals surface area contributed by atoms with Gasteiger partial charge in [-0.2, -0.15) is 27.1 Å². The van der Waals surface area contributed by atoms with E-state index in [-0.39, 0.29) is 23.8 Å². The molecule has 0 aliphatic rings. The zero-order valence-electron chi connectivity index (χ0n) is 13.9. The molecule has 27 heavy (non-hydrogen) atoms. The molecule has 6 nitrogen and oxygen atoms in total. The van der Waals surface area contributed by atoms with Crippen LogP contribution in [0.15, 0.2) is 18.2 Å². The average molecular weight is 414 g/mol. The van der Waals surface area contributed by atoms with Crippen LogP contribution in [0.25, 0.3) is 0 Å². The molecular formula is C15H13ClF5N3O3. The number of nitrogens with zero attached hydrogens (tertiary/aromatic N) is 2. The summed E-state index contributed by atoms with van der Waals surface area (Å²) in [5.74, 6) is -1.32. The van der Waals surface area contributed by atoms with E-state index in [4.69, 9.17) is 16.3 Å². The second-order valence-corrected chi connectivity index (χ2v) is 5.44. The minimum Gasteiger partial charge on any atom is -0.490 e. The minimum absolute atomic E-state index is 0.0656. The molecule has 0 saturated heterocycles. The highest BCUT2D eigenvalue weighted by Crippen LogP contribution is 2.36. The normalized spacial score (nSPS) is 11.6. The Morgan fingerprint density at radius 2 is 2.00 bits per heavy atom. The summed E-state index contributed by atoms with van der Waals surface area (Å²) in [5.41, 5.74) is -1.85. The number of carbonyl (C=O) groups is 1. The Balaban J connectivity index is 2.31. The first kappa shape index (κ1) is 20.7. The zero-order valence-corrected chi connectivity index (χ0v) is 14.7. The van der Waals surface area contributed by atoms with Crippen molar-refractivity contribution in [1.29, 1.82) is 0 Å².